The highest BCUT2D eigenvalue weighted by molar-refractivity contribution is 7.89. The van der Waals surface area contributed by atoms with Crippen molar-refractivity contribution in [1.29, 1.82) is 0 Å². The van der Waals surface area contributed by atoms with E-state index in [9.17, 15) is 26.4 Å². The number of nitrogens with zero attached hydrogens (tertiary/aromatic N) is 1. The Bertz CT molecular complexity index is 970. The molecule has 2 aromatic carbocycles. The summed E-state index contributed by atoms with van der Waals surface area (Å²) in [5.74, 6) is -0.524. The van der Waals surface area contributed by atoms with Gasteiger partial charge in [-0.1, -0.05) is 18.2 Å². The fourth-order valence-corrected chi connectivity index (χ4v) is 4.28. The largest absolute Gasteiger partial charge is 0.416 e. The number of rotatable bonds is 5. The first kappa shape index (κ1) is 21.3. The van der Waals surface area contributed by atoms with E-state index in [1.54, 1.807) is 0 Å². The number of carbonyl (C=O) groups is 1. The number of benzene rings is 2. The first-order valence-corrected chi connectivity index (χ1v) is 10.2. The minimum absolute atomic E-state index is 0.00146. The number of sulfonamides is 1. The summed E-state index contributed by atoms with van der Waals surface area (Å²) in [5.41, 5.74) is -0.136. The summed E-state index contributed by atoms with van der Waals surface area (Å²) in [6.45, 7) is 1.12. The van der Waals surface area contributed by atoms with Crippen LogP contribution in [0.1, 0.15) is 21.5 Å². The molecule has 1 amide bonds. The molecule has 2 aromatic rings. The summed E-state index contributed by atoms with van der Waals surface area (Å²) in [5, 5.41) is 2.58. The number of ether oxygens (including phenoxy) is 1. The molecule has 1 saturated heterocycles. The van der Waals surface area contributed by atoms with Crippen LogP contribution in [0.3, 0.4) is 0 Å². The second-order valence-corrected chi connectivity index (χ2v) is 8.36. The number of alkyl halides is 3. The maximum absolute atomic E-state index is 12.7. The summed E-state index contributed by atoms with van der Waals surface area (Å²) in [4.78, 5) is 12.4. The topological polar surface area (TPSA) is 75.7 Å². The number of nitrogens with one attached hydrogen (secondary N) is 1. The summed E-state index contributed by atoms with van der Waals surface area (Å²) in [7, 11) is -3.74. The standard InChI is InChI=1S/C19H19F3N2O4S/c20-19(21,22)16-6-4-14(5-7-16)13-23-18(25)15-2-1-3-17(12-15)29(26,27)24-8-10-28-11-9-24/h1-7,12H,8-11,13H2,(H,23,25). The van der Waals surface area contributed by atoms with Gasteiger partial charge in [0.1, 0.15) is 0 Å². The molecule has 0 saturated carbocycles. The molecule has 10 heteroatoms. The normalized spacial score (nSPS) is 15.8. The highest BCUT2D eigenvalue weighted by Crippen LogP contribution is 2.29. The van der Waals surface area contributed by atoms with Crippen molar-refractivity contribution >= 4 is 15.9 Å². The van der Waals surface area contributed by atoms with E-state index >= 15 is 0 Å². The van der Waals surface area contributed by atoms with Crippen molar-refractivity contribution in [2.45, 2.75) is 17.6 Å². The minimum atomic E-state index is -4.42. The molecule has 156 valence electrons. The van der Waals surface area contributed by atoms with Crippen LogP contribution in [-0.4, -0.2) is 44.9 Å². The molecule has 0 spiro atoms. The molecule has 1 fully saturated rings. The molecular formula is C19H19F3N2O4S. The molecule has 3 rings (SSSR count). The molecule has 0 bridgehead atoms. The zero-order valence-electron chi connectivity index (χ0n) is 15.3. The van der Waals surface area contributed by atoms with Gasteiger partial charge in [0.25, 0.3) is 5.91 Å². The number of morpholine rings is 1. The molecule has 0 aromatic heterocycles. The summed E-state index contributed by atoms with van der Waals surface area (Å²) < 4.78 is 69.6. The molecule has 0 radical (unpaired) electrons. The van der Waals surface area contributed by atoms with Gasteiger partial charge in [0.15, 0.2) is 0 Å². The van der Waals surface area contributed by atoms with Gasteiger partial charge in [0.05, 0.1) is 23.7 Å². The van der Waals surface area contributed by atoms with Crippen molar-refractivity contribution in [2.24, 2.45) is 0 Å². The van der Waals surface area contributed by atoms with Gasteiger partial charge in [-0.2, -0.15) is 17.5 Å². The van der Waals surface area contributed by atoms with Gasteiger partial charge in [-0.15, -0.1) is 0 Å². The zero-order valence-corrected chi connectivity index (χ0v) is 16.1. The Hall–Kier alpha value is -2.43. The SMILES string of the molecule is O=C(NCc1ccc(C(F)(F)F)cc1)c1cccc(S(=O)(=O)N2CCOCC2)c1. The average molecular weight is 428 g/mol. The number of amides is 1. The van der Waals surface area contributed by atoms with Crippen molar-refractivity contribution in [3.63, 3.8) is 0 Å². The quantitative estimate of drug-likeness (QED) is 0.795. The Balaban J connectivity index is 1.68. The van der Waals surface area contributed by atoms with Crippen molar-refractivity contribution in [1.82, 2.24) is 9.62 Å². The number of halogens is 3. The highest BCUT2D eigenvalue weighted by atomic mass is 32.2. The lowest BCUT2D eigenvalue weighted by Crippen LogP contribution is -2.40. The van der Waals surface area contributed by atoms with E-state index in [-0.39, 0.29) is 30.1 Å². The predicted molar refractivity (Wildman–Crippen MR) is 98.6 cm³/mol. The maximum atomic E-state index is 12.7. The van der Waals surface area contributed by atoms with Crippen molar-refractivity contribution < 1.29 is 31.1 Å². The Kier molecular flexibility index (Phi) is 6.25. The second kappa shape index (κ2) is 8.52. The highest BCUT2D eigenvalue weighted by Gasteiger charge is 2.30. The van der Waals surface area contributed by atoms with Gasteiger partial charge in [-0.25, -0.2) is 8.42 Å². The average Bonchev–Trinajstić information content (AvgIpc) is 2.72. The van der Waals surface area contributed by atoms with Crippen LogP contribution in [0.4, 0.5) is 13.2 Å². The Morgan fingerprint density at radius 3 is 2.34 bits per heavy atom. The number of hydrogen-bond donors (Lipinski definition) is 1. The molecular weight excluding hydrogens is 409 g/mol. The fraction of sp³-hybridized carbons (Fsp3) is 0.316. The smallest absolute Gasteiger partial charge is 0.379 e. The summed E-state index contributed by atoms with van der Waals surface area (Å²) >= 11 is 0. The van der Waals surface area contributed by atoms with Crippen LogP contribution < -0.4 is 5.32 Å². The molecule has 0 atom stereocenters. The predicted octanol–water partition coefficient (Wildman–Crippen LogP) is 2.66. The van der Waals surface area contributed by atoms with E-state index in [1.807, 2.05) is 0 Å². The monoisotopic (exact) mass is 428 g/mol. The molecule has 1 aliphatic rings. The lowest BCUT2D eigenvalue weighted by Gasteiger charge is -2.26. The van der Waals surface area contributed by atoms with Gasteiger partial charge >= 0.3 is 6.18 Å². The van der Waals surface area contributed by atoms with Crippen LogP contribution in [0.2, 0.25) is 0 Å². The Labute approximate surface area is 166 Å². The third-order valence-corrected chi connectivity index (χ3v) is 6.33. The van der Waals surface area contributed by atoms with Gasteiger partial charge < -0.3 is 10.1 Å². The van der Waals surface area contributed by atoms with Crippen molar-refractivity contribution in [3.8, 4) is 0 Å². The van der Waals surface area contributed by atoms with E-state index in [4.69, 9.17) is 4.74 Å². The molecule has 1 heterocycles. The van der Waals surface area contributed by atoms with Gasteiger partial charge in [-0.3, -0.25) is 4.79 Å². The second-order valence-electron chi connectivity index (χ2n) is 6.42. The third kappa shape index (κ3) is 5.14. The van der Waals surface area contributed by atoms with Crippen molar-refractivity contribution in [3.05, 3.63) is 65.2 Å². The zero-order chi connectivity index (χ0) is 21.1. The van der Waals surface area contributed by atoms with Crippen LogP contribution in [0, 0.1) is 0 Å². The third-order valence-electron chi connectivity index (χ3n) is 4.44. The van der Waals surface area contributed by atoms with Crippen LogP contribution in [-0.2, 0) is 27.5 Å². The van der Waals surface area contributed by atoms with Crippen LogP contribution in [0.5, 0.6) is 0 Å². The number of carbonyl (C=O) groups excluding carboxylic acids is 1. The van der Waals surface area contributed by atoms with Crippen LogP contribution >= 0.6 is 0 Å². The molecule has 29 heavy (non-hydrogen) atoms. The molecule has 6 nitrogen and oxygen atoms in total. The molecule has 0 unspecified atom stereocenters. The fourth-order valence-electron chi connectivity index (χ4n) is 2.83. The summed E-state index contributed by atoms with van der Waals surface area (Å²) in [6.07, 6.45) is -4.42. The van der Waals surface area contributed by atoms with Crippen LogP contribution in [0.15, 0.2) is 53.4 Å². The van der Waals surface area contributed by atoms with E-state index in [0.29, 0.717) is 18.8 Å². The van der Waals surface area contributed by atoms with Gasteiger partial charge in [-0.05, 0) is 35.9 Å². The van der Waals surface area contributed by atoms with Crippen molar-refractivity contribution in [2.75, 3.05) is 26.3 Å². The lowest BCUT2D eigenvalue weighted by molar-refractivity contribution is -0.137. The lowest BCUT2D eigenvalue weighted by atomic mass is 10.1. The van der Waals surface area contributed by atoms with E-state index in [2.05, 4.69) is 5.32 Å². The molecule has 1 N–H and O–H groups in total. The van der Waals surface area contributed by atoms with E-state index < -0.39 is 27.7 Å². The van der Waals surface area contributed by atoms with Gasteiger partial charge in [0, 0.05) is 25.2 Å². The minimum Gasteiger partial charge on any atom is -0.379 e. The van der Waals surface area contributed by atoms with E-state index in [0.717, 1.165) is 12.1 Å². The first-order chi connectivity index (χ1) is 13.7. The van der Waals surface area contributed by atoms with E-state index in [1.165, 1.54) is 40.7 Å². The van der Waals surface area contributed by atoms with Crippen LogP contribution in [0.25, 0.3) is 0 Å². The maximum Gasteiger partial charge on any atom is 0.416 e. The molecule has 1 aliphatic heterocycles. The van der Waals surface area contributed by atoms with Gasteiger partial charge in [0.2, 0.25) is 10.0 Å². The molecule has 0 aliphatic carbocycles. The summed E-state index contributed by atoms with van der Waals surface area (Å²) in [6, 6.07) is 10.1. The Morgan fingerprint density at radius 1 is 1.07 bits per heavy atom. The first-order valence-electron chi connectivity index (χ1n) is 8.80. The number of hydrogen-bond acceptors (Lipinski definition) is 4. The Morgan fingerprint density at radius 2 is 1.72 bits per heavy atom.